The van der Waals surface area contributed by atoms with Crippen LogP contribution in [-0.4, -0.2) is 17.9 Å². The van der Waals surface area contributed by atoms with Crippen molar-refractivity contribution in [1.82, 2.24) is 0 Å². The maximum atomic E-state index is 12.2. The molecule has 7 atom stereocenters. The van der Waals surface area contributed by atoms with E-state index < -0.39 is 0 Å². The first-order valence-corrected chi connectivity index (χ1v) is 10.0. The summed E-state index contributed by atoms with van der Waals surface area (Å²) >= 11 is 0. The number of hydrogen-bond acceptors (Lipinski definition) is 3. The van der Waals surface area contributed by atoms with Crippen LogP contribution in [0.4, 0.5) is 0 Å². The summed E-state index contributed by atoms with van der Waals surface area (Å²) in [5.74, 6) is 3.23. The van der Waals surface area contributed by atoms with Gasteiger partial charge in [-0.15, -0.1) is 0 Å². The van der Waals surface area contributed by atoms with Gasteiger partial charge in [-0.1, -0.05) is 13.8 Å². The van der Waals surface area contributed by atoms with Crippen molar-refractivity contribution in [2.24, 2.45) is 34.5 Å². The number of carbonyl (C=O) groups excluding carboxylic acids is 2. The number of ketones is 1. The lowest BCUT2D eigenvalue weighted by molar-refractivity contribution is -0.163. The molecule has 0 saturated heterocycles. The van der Waals surface area contributed by atoms with E-state index in [0.717, 1.165) is 43.9 Å². The highest BCUT2D eigenvalue weighted by molar-refractivity contribution is 5.80. The Morgan fingerprint density at radius 2 is 1.75 bits per heavy atom. The van der Waals surface area contributed by atoms with Crippen LogP contribution in [0.5, 0.6) is 0 Å². The van der Waals surface area contributed by atoms with Gasteiger partial charge in [-0.25, -0.2) is 0 Å². The average Bonchev–Trinajstić information content (AvgIpc) is 2.82. The van der Waals surface area contributed by atoms with Crippen molar-refractivity contribution in [3.63, 3.8) is 0 Å². The Morgan fingerprint density at radius 1 is 1.00 bits per heavy atom. The molecule has 4 aliphatic rings. The van der Waals surface area contributed by atoms with E-state index in [1.165, 1.54) is 25.7 Å². The van der Waals surface area contributed by atoms with Crippen LogP contribution in [0.3, 0.4) is 0 Å². The summed E-state index contributed by atoms with van der Waals surface area (Å²) in [6.07, 6.45) is 10.1. The van der Waals surface area contributed by atoms with E-state index in [1.54, 1.807) is 6.92 Å². The topological polar surface area (TPSA) is 43.4 Å². The van der Waals surface area contributed by atoms with Gasteiger partial charge in [-0.3, -0.25) is 9.59 Å². The van der Waals surface area contributed by atoms with Crippen LogP contribution < -0.4 is 0 Å². The van der Waals surface area contributed by atoms with Crippen molar-refractivity contribution in [3.05, 3.63) is 0 Å². The standard InChI is InChI=1S/C21H32O3/c1-13(22)24-19-9-8-17-16-7-5-14-4-6-15(23)12-21(14,3)18(16)10-11-20(17,19)2/h14,16-19H,4-12H2,1-3H3/t14-,16-,17-,18-,19-,20-,21-/m0/s1. The fourth-order valence-corrected chi connectivity index (χ4v) is 7.48. The maximum Gasteiger partial charge on any atom is 0.302 e. The molecule has 0 unspecified atom stereocenters. The highest BCUT2D eigenvalue weighted by Crippen LogP contribution is 2.66. The molecule has 0 aromatic rings. The van der Waals surface area contributed by atoms with Crippen LogP contribution in [0.25, 0.3) is 0 Å². The van der Waals surface area contributed by atoms with Crippen molar-refractivity contribution in [2.45, 2.75) is 84.7 Å². The maximum absolute atomic E-state index is 12.2. The van der Waals surface area contributed by atoms with E-state index in [1.807, 2.05) is 0 Å². The molecule has 0 radical (unpaired) electrons. The predicted molar refractivity (Wildman–Crippen MR) is 92.3 cm³/mol. The zero-order valence-corrected chi connectivity index (χ0v) is 15.5. The molecule has 4 fully saturated rings. The van der Waals surface area contributed by atoms with Gasteiger partial charge in [0.2, 0.25) is 0 Å². The fraction of sp³-hybridized carbons (Fsp3) is 0.905. The first-order chi connectivity index (χ1) is 11.3. The highest BCUT2D eigenvalue weighted by atomic mass is 16.5. The zero-order valence-electron chi connectivity index (χ0n) is 15.5. The number of ether oxygens (including phenoxy) is 1. The van der Waals surface area contributed by atoms with Gasteiger partial charge in [-0.05, 0) is 74.0 Å². The first-order valence-electron chi connectivity index (χ1n) is 10.0. The molecular formula is C21H32O3. The van der Waals surface area contributed by atoms with Crippen LogP contribution in [-0.2, 0) is 14.3 Å². The molecule has 0 aromatic heterocycles. The Morgan fingerprint density at radius 3 is 2.50 bits per heavy atom. The molecule has 0 aliphatic heterocycles. The summed E-state index contributed by atoms with van der Waals surface area (Å²) < 4.78 is 5.72. The summed E-state index contributed by atoms with van der Waals surface area (Å²) in [7, 11) is 0. The predicted octanol–water partition coefficient (Wildman–Crippen LogP) is 4.53. The van der Waals surface area contributed by atoms with Crippen molar-refractivity contribution in [3.8, 4) is 0 Å². The lowest BCUT2D eigenvalue weighted by Crippen LogP contribution is -2.54. The molecule has 134 valence electrons. The van der Waals surface area contributed by atoms with Crippen LogP contribution in [0, 0.1) is 34.5 Å². The summed E-state index contributed by atoms with van der Waals surface area (Å²) in [6.45, 7) is 6.34. The molecule has 4 aliphatic carbocycles. The van der Waals surface area contributed by atoms with Gasteiger partial charge >= 0.3 is 5.97 Å². The Labute approximate surface area is 145 Å². The van der Waals surface area contributed by atoms with E-state index in [4.69, 9.17) is 4.74 Å². The molecule has 0 aromatic carbocycles. The van der Waals surface area contributed by atoms with Gasteiger partial charge in [0.25, 0.3) is 0 Å². The van der Waals surface area contributed by atoms with Crippen LogP contribution in [0.1, 0.15) is 78.6 Å². The monoisotopic (exact) mass is 332 g/mol. The van der Waals surface area contributed by atoms with E-state index in [9.17, 15) is 9.59 Å². The van der Waals surface area contributed by atoms with Gasteiger partial charge in [0.15, 0.2) is 0 Å². The molecular weight excluding hydrogens is 300 g/mol. The first kappa shape index (κ1) is 16.6. The van der Waals surface area contributed by atoms with Crippen molar-refractivity contribution >= 4 is 11.8 Å². The zero-order chi connectivity index (χ0) is 17.1. The second-order valence-electron chi connectivity index (χ2n) is 9.63. The minimum Gasteiger partial charge on any atom is -0.462 e. The quantitative estimate of drug-likeness (QED) is 0.663. The van der Waals surface area contributed by atoms with Gasteiger partial charge in [-0.2, -0.15) is 0 Å². The van der Waals surface area contributed by atoms with Gasteiger partial charge in [0, 0.05) is 25.2 Å². The molecule has 0 heterocycles. The number of esters is 1. The molecule has 3 nitrogen and oxygen atoms in total. The largest absolute Gasteiger partial charge is 0.462 e. The molecule has 0 amide bonds. The van der Waals surface area contributed by atoms with E-state index >= 15 is 0 Å². The summed E-state index contributed by atoms with van der Waals surface area (Å²) in [6, 6.07) is 0. The van der Waals surface area contributed by atoms with Crippen LogP contribution in [0.15, 0.2) is 0 Å². The smallest absolute Gasteiger partial charge is 0.302 e. The van der Waals surface area contributed by atoms with Gasteiger partial charge in [0.1, 0.15) is 11.9 Å². The van der Waals surface area contributed by atoms with Crippen molar-refractivity contribution in [1.29, 1.82) is 0 Å². The fourth-order valence-electron chi connectivity index (χ4n) is 7.48. The lowest BCUT2D eigenvalue weighted by Gasteiger charge is -2.59. The Hall–Kier alpha value is -0.860. The Kier molecular flexibility index (Phi) is 3.85. The number of hydrogen-bond donors (Lipinski definition) is 0. The van der Waals surface area contributed by atoms with Crippen LogP contribution >= 0.6 is 0 Å². The minimum absolute atomic E-state index is 0.111. The SMILES string of the molecule is CC(=O)O[C@H]1CC[C@H]2[C@@H]3CC[C@@H]4CCC(=O)C[C@]4(C)[C@H]3CC[C@]12C. The minimum atomic E-state index is -0.127. The normalized spacial score (nSPS) is 50.6. The molecule has 0 N–H and O–H groups in total. The van der Waals surface area contributed by atoms with Crippen molar-refractivity contribution < 1.29 is 14.3 Å². The molecule has 0 spiro atoms. The molecule has 24 heavy (non-hydrogen) atoms. The molecule has 4 saturated carbocycles. The number of fused-ring (bicyclic) bond motifs is 5. The Balaban J connectivity index is 1.60. The second kappa shape index (κ2) is 5.57. The average molecular weight is 332 g/mol. The van der Waals surface area contributed by atoms with Crippen molar-refractivity contribution in [2.75, 3.05) is 0 Å². The number of Topliss-reactive ketones (excluding diaryl/α,β-unsaturated/α-hetero) is 1. The highest BCUT2D eigenvalue weighted by Gasteiger charge is 2.61. The summed E-state index contributed by atoms with van der Waals surface area (Å²) in [5, 5.41) is 0. The van der Waals surface area contributed by atoms with Gasteiger partial charge in [0.05, 0.1) is 0 Å². The van der Waals surface area contributed by atoms with Gasteiger partial charge < -0.3 is 4.74 Å². The third kappa shape index (κ3) is 2.29. The second-order valence-corrected chi connectivity index (χ2v) is 9.63. The summed E-state index contributed by atoms with van der Waals surface area (Å²) in [5.41, 5.74) is 0.397. The van der Waals surface area contributed by atoms with E-state index in [0.29, 0.717) is 17.6 Å². The third-order valence-electron chi connectivity index (χ3n) is 8.64. The number of carbonyl (C=O) groups is 2. The van der Waals surface area contributed by atoms with E-state index in [-0.39, 0.29) is 22.9 Å². The Bertz CT molecular complexity index is 555. The molecule has 3 heteroatoms. The van der Waals surface area contributed by atoms with E-state index in [2.05, 4.69) is 13.8 Å². The number of rotatable bonds is 1. The third-order valence-corrected chi connectivity index (χ3v) is 8.64. The molecule has 0 bridgehead atoms. The molecule has 4 rings (SSSR count). The van der Waals surface area contributed by atoms with Crippen LogP contribution in [0.2, 0.25) is 0 Å². The lowest BCUT2D eigenvalue weighted by atomic mass is 9.45. The summed E-state index contributed by atoms with van der Waals surface area (Å²) in [4.78, 5) is 23.7.